The van der Waals surface area contributed by atoms with Gasteiger partial charge in [-0.2, -0.15) is 5.10 Å². The van der Waals surface area contributed by atoms with Crippen molar-refractivity contribution in [1.82, 2.24) is 20.4 Å². The summed E-state index contributed by atoms with van der Waals surface area (Å²) in [5.74, 6) is -1.10. The zero-order valence-electron chi connectivity index (χ0n) is 9.60. The third-order valence-corrected chi connectivity index (χ3v) is 2.83. The lowest BCUT2D eigenvalue weighted by atomic mass is 9.94. The molecule has 17 heavy (non-hydrogen) atoms. The molecule has 0 spiro atoms. The van der Waals surface area contributed by atoms with Gasteiger partial charge < -0.3 is 15.7 Å². The van der Waals surface area contributed by atoms with Gasteiger partial charge in [-0.25, -0.2) is 9.59 Å². The lowest BCUT2D eigenvalue weighted by molar-refractivity contribution is -0.143. The molecule has 1 aliphatic heterocycles. The maximum Gasteiger partial charge on any atom is 0.336 e. The van der Waals surface area contributed by atoms with Gasteiger partial charge in [-0.15, -0.1) is 0 Å². The summed E-state index contributed by atoms with van der Waals surface area (Å²) >= 11 is 0. The second-order valence-electron chi connectivity index (χ2n) is 4.32. The number of carbonyl (C=O) groups is 2. The van der Waals surface area contributed by atoms with Crippen molar-refractivity contribution in [3.05, 3.63) is 18.0 Å². The van der Waals surface area contributed by atoms with Gasteiger partial charge in [0.2, 0.25) is 0 Å². The van der Waals surface area contributed by atoms with Gasteiger partial charge in [0.25, 0.3) is 0 Å². The molecule has 2 heterocycles. The Morgan fingerprint density at radius 2 is 2.35 bits per heavy atom. The predicted molar refractivity (Wildman–Crippen MR) is 58.5 cm³/mol. The van der Waals surface area contributed by atoms with Crippen LogP contribution in [0.25, 0.3) is 0 Å². The van der Waals surface area contributed by atoms with Crippen molar-refractivity contribution in [2.75, 3.05) is 6.54 Å². The van der Waals surface area contributed by atoms with Crippen LogP contribution >= 0.6 is 0 Å². The molecule has 1 aromatic rings. The number of rotatable bonds is 3. The largest absolute Gasteiger partial charge is 0.479 e. The van der Waals surface area contributed by atoms with E-state index >= 15 is 0 Å². The molecule has 1 atom stereocenters. The fourth-order valence-electron chi connectivity index (χ4n) is 1.76. The summed E-state index contributed by atoms with van der Waals surface area (Å²) in [7, 11) is 0. The van der Waals surface area contributed by atoms with Gasteiger partial charge in [0.15, 0.2) is 5.54 Å². The molecule has 1 saturated heterocycles. The van der Waals surface area contributed by atoms with Crippen LogP contribution in [0.15, 0.2) is 12.4 Å². The van der Waals surface area contributed by atoms with Crippen molar-refractivity contribution in [2.45, 2.75) is 25.4 Å². The molecule has 7 nitrogen and oxygen atoms in total. The van der Waals surface area contributed by atoms with E-state index in [4.69, 9.17) is 0 Å². The minimum absolute atomic E-state index is 0.0188. The number of nitrogens with one attached hydrogen (secondary N) is 2. The van der Waals surface area contributed by atoms with E-state index in [9.17, 15) is 14.7 Å². The Kier molecular flexibility index (Phi) is 2.53. The number of aromatic nitrogens is 2. The van der Waals surface area contributed by atoms with Crippen LogP contribution in [0, 0.1) is 0 Å². The number of carbonyl (C=O) groups excluding carboxylic acids is 1. The van der Waals surface area contributed by atoms with Crippen molar-refractivity contribution < 1.29 is 14.7 Å². The summed E-state index contributed by atoms with van der Waals surface area (Å²) < 4.78 is 1.66. The van der Waals surface area contributed by atoms with Gasteiger partial charge in [-0.1, -0.05) is 0 Å². The van der Waals surface area contributed by atoms with Gasteiger partial charge in [0, 0.05) is 17.8 Å². The van der Waals surface area contributed by atoms with E-state index in [0.717, 1.165) is 0 Å². The minimum Gasteiger partial charge on any atom is -0.479 e. The number of aliphatic carboxylic acids is 1. The first-order valence-corrected chi connectivity index (χ1v) is 5.30. The molecule has 0 aliphatic carbocycles. The second kappa shape index (κ2) is 3.76. The van der Waals surface area contributed by atoms with Gasteiger partial charge in [0.1, 0.15) is 0 Å². The lowest BCUT2D eigenvalue weighted by Gasteiger charge is -2.20. The molecule has 0 radical (unpaired) electrons. The molecule has 1 fully saturated rings. The van der Waals surface area contributed by atoms with E-state index in [1.807, 2.05) is 13.8 Å². The minimum atomic E-state index is -1.41. The van der Waals surface area contributed by atoms with Crippen molar-refractivity contribution >= 4 is 12.0 Å². The molecule has 1 aliphatic rings. The van der Waals surface area contributed by atoms with E-state index in [0.29, 0.717) is 5.56 Å². The van der Waals surface area contributed by atoms with Crippen molar-refractivity contribution in [3.8, 4) is 0 Å². The molecule has 0 aromatic carbocycles. The van der Waals surface area contributed by atoms with Crippen molar-refractivity contribution in [3.63, 3.8) is 0 Å². The molecule has 2 amide bonds. The van der Waals surface area contributed by atoms with Crippen LogP contribution in [0.4, 0.5) is 4.79 Å². The SMILES string of the molecule is CC(C)n1cc(C2(C(=O)O)CNC(=O)N2)cn1. The third kappa shape index (κ3) is 1.73. The van der Waals surface area contributed by atoms with Crippen LogP contribution in [-0.2, 0) is 10.3 Å². The second-order valence-corrected chi connectivity index (χ2v) is 4.32. The maximum absolute atomic E-state index is 11.4. The Morgan fingerprint density at radius 1 is 1.65 bits per heavy atom. The van der Waals surface area contributed by atoms with Crippen LogP contribution in [0.1, 0.15) is 25.5 Å². The van der Waals surface area contributed by atoms with Gasteiger partial charge in [-0.3, -0.25) is 4.68 Å². The molecule has 0 bridgehead atoms. The van der Waals surface area contributed by atoms with Gasteiger partial charge in [0.05, 0.1) is 12.7 Å². The van der Waals surface area contributed by atoms with E-state index in [1.165, 1.54) is 6.20 Å². The summed E-state index contributed by atoms with van der Waals surface area (Å²) in [4.78, 5) is 22.5. The molecule has 1 unspecified atom stereocenters. The first-order chi connectivity index (χ1) is 7.95. The van der Waals surface area contributed by atoms with Gasteiger partial charge >= 0.3 is 12.0 Å². The highest BCUT2D eigenvalue weighted by atomic mass is 16.4. The molecule has 7 heteroatoms. The van der Waals surface area contributed by atoms with E-state index in [2.05, 4.69) is 15.7 Å². The number of hydrogen-bond donors (Lipinski definition) is 3. The summed E-state index contributed by atoms with van der Waals surface area (Å²) in [5, 5.41) is 18.3. The molecule has 2 rings (SSSR count). The first kappa shape index (κ1) is 11.4. The maximum atomic E-state index is 11.4. The zero-order chi connectivity index (χ0) is 12.6. The number of urea groups is 1. The first-order valence-electron chi connectivity index (χ1n) is 5.30. The topological polar surface area (TPSA) is 96.3 Å². The molecular weight excluding hydrogens is 224 g/mol. The average molecular weight is 238 g/mol. The monoisotopic (exact) mass is 238 g/mol. The Hall–Kier alpha value is -2.05. The van der Waals surface area contributed by atoms with Crippen LogP contribution in [0.3, 0.4) is 0 Å². The Balaban J connectivity index is 2.40. The third-order valence-electron chi connectivity index (χ3n) is 2.83. The van der Waals surface area contributed by atoms with Crippen LogP contribution in [-0.4, -0.2) is 33.4 Å². The smallest absolute Gasteiger partial charge is 0.336 e. The highest BCUT2D eigenvalue weighted by Crippen LogP contribution is 2.24. The number of carboxylic acid groups (broad SMARTS) is 1. The van der Waals surface area contributed by atoms with Crippen molar-refractivity contribution in [2.24, 2.45) is 0 Å². The molecule has 92 valence electrons. The molecular formula is C10H14N4O3. The summed E-state index contributed by atoms with van der Waals surface area (Å²) in [6, 6.07) is -0.343. The van der Waals surface area contributed by atoms with E-state index < -0.39 is 17.5 Å². The summed E-state index contributed by atoms with van der Waals surface area (Å²) in [6.07, 6.45) is 3.12. The van der Waals surface area contributed by atoms with Crippen molar-refractivity contribution in [1.29, 1.82) is 0 Å². The van der Waals surface area contributed by atoms with Gasteiger partial charge in [-0.05, 0) is 13.8 Å². The average Bonchev–Trinajstić information content (AvgIpc) is 2.83. The van der Waals surface area contributed by atoms with Crippen LogP contribution in [0.5, 0.6) is 0 Å². The number of amides is 2. The number of hydrogen-bond acceptors (Lipinski definition) is 3. The lowest BCUT2D eigenvalue weighted by Crippen LogP contribution is -2.47. The highest BCUT2D eigenvalue weighted by Gasteiger charge is 2.47. The zero-order valence-corrected chi connectivity index (χ0v) is 9.60. The Bertz CT molecular complexity index is 468. The summed E-state index contributed by atoms with van der Waals surface area (Å²) in [6.45, 7) is 3.90. The fraction of sp³-hybridized carbons (Fsp3) is 0.500. The Labute approximate surface area is 97.8 Å². The van der Waals surface area contributed by atoms with Crippen LogP contribution in [0.2, 0.25) is 0 Å². The normalized spacial score (nSPS) is 23.6. The number of nitrogens with zero attached hydrogens (tertiary/aromatic N) is 2. The summed E-state index contributed by atoms with van der Waals surface area (Å²) in [5.41, 5.74) is -0.943. The van der Waals surface area contributed by atoms with E-state index in [1.54, 1.807) is 10.9 Å². The molecule has 0 saturated carbocycles. The molecule has 1 aromatic heterocycles. The standard InChI is InChI=1S/C10H14N4O3/c1-6(2)14-4-7(3-12-14)10(8(15)16)5-11-9(17)13-10/h3-4,6H,5H2,1-2H3,(H,15,16)(H2,11,13,17). The quantitative estimate of drug-likeness (QED) is 0.693. The fourth-order valence-corrected chi connectivity index (χ4v) is 1.76. The van der Waals surface area contributed by atoms with Crippen LogP contribution < -0.4 is 10.6 Å². The predicted octanol–water partition coefficient (Wildman–Crippen LogP) is 0.0567. The highest BCUT2D eigenvalue weighted by molar-refractivity contribution is 5.91. The molecule has 3 N–H and O–H groups in total. The Morgan fingerprint density at radius 3 is 2.76 bits per heavy atom. The van der Waals surface area contributed by atoms with E-state index in [-0.39, 0.29) is 12.6 Å². The number of carboxylic acids is 1.